The SMILES string of the molecule is COc1ccc(F)cc1/C(C)=N/OC(=N)c1ccc(N2CCCCC2)c(C(F)(F)F)c1. The van der Waals surface area contributed by atoms with E-state index in [1.165, 1.54) is 44.4 Å². The van der Waals surface area contributed by atoms with E-state index >= 15 is 0 Å². The van der Waals surface area contributed by atoms with E-state index in [4.69, 9.17) is 15.0 Å². The molecule has 1 aliphatic heterocycles. The Kier molecular flexibility index (Phi) is 6.82. The summed E-state index contributed by atoms with van der Waals surface area (Å²) in [6.45, 7) is 2.65. The smallest absolute Gasteiger partial charge is 0.418 e. The van der Waals surface area contributed by atoms with Crippen LogP contribution in [0.3, 0.4) is 0 Å². The summed E-state index contributed by atoms with van der Waals surface area (Å²) in [5.41, 5.74) is -0.245. The van der Waals surface area contributed by atoms with Gasteiger partial charge in [0, 0.05) is 29.9 Å². The first kappa shape index (κ1) is 22.6. The van der Waals surface area contributed by atoms with Crippen molar-refractivity contribution in [3.63, 3.8) is 0 Å². The Morgan fingerprint density at radius 2 is 1.77 bits per heavy atom. The quantitative estimate of drug-likeness (QED) is 0.286. The number of anilines is 1. The number of hydrogen-bond acceptors (Lipinski definition) is 5. The third-order valence-electron chi connectivity index (χ3n) is 5.09. The van der Waals surface area contributed by atoms with Crippen LogP contribution in [0.2, 0.25) is 0 Å². The van der Waals surface area contributed by atoms with Crippen molar-refractivity contribution in [2.45, 2.75) is 32.4 Å². The molecule has 0 radical (unpaired) electrons. The summed E-state index contributed by atoms with van der Waals surface area (Å²) in [5, 5.41) is 11.8. The number of hydrogen-bond donors (Lipinski definition) is 1. The Morgan fingerprint density at radius 3 is 2.42 bits per heavy atom. The molecule has 1 fully saturated rings. The van der Waals surface area contributed by atoms with Crippen LogP contribution >= 0.6 is 0 Å². The molecule has 5 nitrogen and oxygen atoms in total. The average molecular weight is 437 g/mol. The van der Waals surface area contributed by atoms with Crippen molar-refractivity contribution in [3.8, 4) is 5.75 Å². The number of halogens is 4. The highest BCUT2D eigenvalue weighted by Gasteiger charge is 2.36. The van der Waals surface area contributed by atoms with Gasteiger partial charge < -0.3 is 14.5 Å². The third kappa shape index (κ3) is 5.34. The fourth-order valence-corrected chi connectivity index (χ4v) is 3.49. The zero-order chi connectivity index (χ0) is 22.6. The Hall–Kier alpha value is -3.10. The molecule has 31 heavy (non-hydrogen) atoms. The molecule has 0 spiro atoms. The summed E-state index contributed by atoms with van der Waals surface area (Å²) < 4.78 is 59.8. The molecule has 0 aromatic heterocycles. The van der Waals surface area contributed by atoms with E-state index in [9.17, 15) is 17.6 Å². The van der Waals surface area contributed by atoms with Gasteiger partial charge in [-0.05, 0) is 62.6 Å². The molecule has 1 aliphatic rings. The predicted molar refractivity (Wildman–Crippen MR) is 111 cm³/mol. The first-order valence-corrected chi connectivity index (χ1v) is 9.81. The van der Waals surface area contributed by atoms with E-state index < -0.39 is 23.5 Å². The molecule has 2 aromatic carbocycles. The van der Waals surface area contributed by atoms with Crippen molar-refractivity contribution < 1.29 is 27.1 Å². The lowest BCUT2D eigenvalue weighted by Crippen LogP contribution is -2.31. The minimum Gasteiger partial charge on any atom is -0.496 e. The number of rotatable bonds is 5. The van der Waals surface area contributed by atoms with E-state index in [2.05, 4.69) is 5.16 Å². The number of benzene rings is 2. The Labute approximate surface area is 177 Å². The highest BCUT2D eigenvalue weighted by atomic mass is 19.4. The van der Waals surface area contributed by atoms with Gasteiger partial charge in [-0.15, -0.1) is 0 Å². The summed E-state index contributed by atoms with van der Waals surface area (Å²) >= 11 is 0. The van der Waals surface area contributed by atoms with E-state index in [1.807, 2.05) is 0 Å². The second-order valence-electron chi connectivity index (χ2n) is 7.22. The normalized spacial score (nSPS) is 15.0. The maximum atomic E-state index is 13.7. The average Bonchev–Trinajstić information content (AvgIpc) is 2.76. The van der Waals surface area contributed by atoms with E-state index in [-0.39, 0.29) is 17.0 Å². The standard InChI is InChI=1S/C22H23F4N3O2/c1-14(17-13-16(23)7-9-20(17)30-2)28-31-21(27)15-6-8-19(18(12-15)22(24,25)26)29-10-4-3-5-11-29/h6-9,12-13,27H,3-5,10-11H2,1-2H3/b27-21?,28-14+. The highest BCUT2D eigenvalue weighted by molar-refractivity contribution is 6.01. The molecule has 0 unspecified atom stereocenters. The van der Waals surface area contributed by atoms with E-state index in [0.717, 1.165) is 25.3 Å². The molecule has 9 heteroatoms. The van der Waals surface area contributed by atoms with Crippen molar-refractivity contribution in [2.24, 2.45) is 5.16 Å². The molecule has 0 saturated carbocycles. The lowest BCUT2D eigenvalue weighted by Gasteiger charge is -2.31. The second kappa shape index (κ2) is 9.36. The molecule has 0 aliphatic carbocycles. The molecule has 0 atom stereocenters. The van der Waals surface area contributed by atoms with Crippen LogP contribution in [-0.2, 0) is 11.0 Å². The molecule has 166 valence electrons. The van der Waals surface area contributed by atoms with Crippen LogP contribution in [0.5, 0.6) is 5.75 Å². The summed E-state index contributed by atoms with van der Waals surface area (Å²) in [4.78, 5) is 6.77. The number of oxime groups is 1. The molecule has 2 aromatic rings. The fraction of sp³-hybridized carbons (Fsp3) is 0.364. The van der Waals surface area contributed by atoms with Gasteiger partial charge in [-0.3, -0.25) is 5.41 Å². The second-order valence-corrected chi connectivity index (χ2v) is 7.22. The molecule has 1 N–H and O–H groups in total. The minimum atomic E-state index is -4.57. The van der Waals surface area contributed by atoms with Gasteiger partial charge in [-0.25, -0.2) is 4.39 Å². The van der Waals surface area contributed by atoms with Crippen LogP contribution in [0.1, 0.15) is 42.9 Å². The van der Waals surface area contributed by atoms with Crippen molar-refractivity contribution in [1.82, 2.24) is 0 Å². The Bertz CT molecular complexity index is 983. The number of piperidine rings is 1. The first-order valence-electron chi connectivity index (χ1n) is 9.81. The summed E-state index contributed by atoms with van der Waals surface area (Å²) in [5.74, 6) is -0.711. The topological polar surface area (TPSA) is 57.9 Å². The van der Waals surface area contributed by atoms with Gasteiger partial charge in [0.05, 0.1) is 18.4 Å². The van der Waals surface area contributed by atoms with Crippen molar-refractivity contribution in [1.29, 1.82) is 5.41 Å². The Balaban J connectivity index is 1.85. The van der Waals surface area contributed by atoms with Crippen LogP contribution < -0.4 is 9.64 Å². The van der Waals surface area contributed by atoms with Crippen LogP contribution in [0, 0.1) is 11.2 Å². The summed E-state index contributed by atoms with van der Waals surface area (Å²) in [6.07, 6.45) is -1.88. The van der Waals surface area contributed by atoms with Crippen molar-refractivity contribution in [3.05, 3.63) is 58.9 Å². The van der Waals surface area contributed by atoms with Crippen molar-refractivity contribution in [2.75, 3.05) is 25.1 Å². The zero-order valence-electron chi connectivity index (χ0n) is 17.2. The molecular weight excluding hydrogens is 414 g/mol. The number of ether oxygens (including phenoxy) is 1. The first-order chi connectivity index (χ1) is 14.7. The van der Waals surface area contributed by atoms with Crippen LogP contribution in [-0.4, -0.2) is 31.8 Å². The van der Waals surface area contributed by atoms with Gasteiger partial charge in [0.1, 0.15) is 11.6 Å². The van der Waals surface area contributed by atoms with Crippen LogP contribution in [0.25, 0.3) is 0 Å². The van der Waals surface area contributed by atoms with Gasteiger partial charge in [-0.1, -0.05) is 5.16 Å². The number of alkyl halides is 3. The molecule has 0 amide bonds. The third-order valence-corrected chi connectivity index (χ3v) is 5.09. The zero-order valence-corrected chi connectivity index (χ0v) is 17.2. The number of methoxy groups -OCH3 is 1. The van der Waals surface area contributed by atoms with Gasteiger partial charge in [0.25, 0.3) is 0 Å². The van der Waals surface area contributed by atoms with E-state index in [0.29, 0.717) is 24.4 Å². The predicted octanol–water partition coefficient (Wildman–Crippen LogP) is 5.61. The molecule has 0 bridgehead atoms. The summed E-state index contributed by atoms with van der Waals surface area (Å²) in [7, 11) is 1.41. The largest absolute Gasteiger partial charge is 0.496 e. The lowest BCUT2D eigenvalue weighted by atomic mass is 10.0. The molecule has 3 rings (SSSR count). The summed E-state index contributed by atoms with van der Waals surface area (Å²) in [6, 6.07) is 7.52. The van der Waals surface area contributed by atoms with Crippen LogP contribution in [0.4, 0.5) is 23.2 Å². The highest BCUT2D eigenvalue weighted by Crippen LogP contribution is 2.38. The number of nitrogens with zero attached hydrogens (tertiary/aromatic N) is 2. The van der Waals surface area contributed by atoms with Crippen molar-refractivity contribution >= 4 is 17.3 Å². The van der Waals surface area contributed by atoms with Gasteiger partial charge in [0.15, 0.2) is 0 Å². The number of nitrogens with one attached hydrogen (secondary N) is 1. The fourth-order valence-electron chi connectivity index (χ4n) is 3.49. The molecule has 1 saturated heterocycles. The van der Waals surface area contributed by atoms with Crippen LogP contribution in [0.15, 0.2) is 41.6 Å². The molecule has 1 heterocycles. The maximum absolute atomic E-state index is 13.7. The molecular formula is C22H23F4N3O2. The van der Waals surface area contributed by atoms with E-state index in [1.54, 1.807) is 4.90 Å². The lowest BCUT2D eigenvalue weighted by molar-refractivity contribution is -0.137. The van der Waals surface area contributed by atoms with Gasteiger partial charge in [-0.2, -0.15) is 13.2 Å². The van der Waals surface area contributed by atoms with Gasteiger partial charge >= 0.3 is 6.18 Å². The monoisotopic (exact) mass is 437 g/mol. The maximum Gasteiger partial charge on any atom is 0.418 e. The van der Waals surface area contributed by atoms with Gasteiger partial charge in [0.2, 0.25) is 5.90 Å². The Morgan fingerprint density at radius 1 is 1.06 bits per heavy atom. The minimum absolute atomic E-state index is 0.0594.